The van der Waals surface area contributed by atoms with E-state index in [1.54, 1.807) is 6.07 Å². The summed E-state index contributed by atoms with van der Waals surface area (Å²) in [5.41, 5.74) is 1.05. The molecular formula is C15H19FN2O2. The number of rotatable bonds is 2. The molecule has 4 nitrogen and oxygen atoms in total. The second kappa shape index (κ2) is 5.23. The third-order valence-electron chi connectivity index (χ3n) is 3.40. The third-order valence-corrected chi connectivity index (χ3v) is 3.40. The quantitative estimate of drug-likeness (QED) is 0.816. The van der Waals surface area contributed by atoms with Crippen LogP contribution in [0.25, 0.3) is 0 Å². The van der Waals surface area contributed by atoms with Crippen LogP contribution in [0.1, 0.15) is 39.2 Å². The first-order chi connectivity index (χ1) is 9.27. The van der Waals surface area contributed by atoms with Gasteiger partial charge in [0, 0.05) is 6.42 Å². The number of piperidine rings is 1. The van der Waals surface area contributed by atoms with Gasteiger partial charge in [-0.05, 0) is 29.5 Å². The van der Waals surface area contributed by atoms with Crippen molar-refractivity contribution < 1.29 is 14.0 Å². The van der Waals surface area contributed by atoms with Crippen molar-refractivity contribution in [1.82, 2.24) is 5.32 Å². The molecule has 0 saturated carbocycles. The zero-order valence-corrected chi connectivity index (χ0v) is 11.9. The van der Waals surface area contributed by atoms with Crippen LogP contribution in [0.15, 0.2) is 18.2 Å². The summed E-state index contributed by atoms with van der Waals surface area (Å²) in [6, 6.07) is 4.40. The van der Waals surface area contributed by atoms with Gasteiger partial charge in [-0.25, -0.2) is 4.39 Å². The number of halogens is 1. The van der Waals surface area contributed by atoms with Gasteiger partial charge in [-0.3, -0.25) is 14.9 Å². The Morgan fingerprint density at radius 1 is 1.30 bits per heavy atom. The summed E-state index contributed by atoms with van der Waals surface area (Å²) < 4.78 is 14.1. The molecule has 1 fully saturated rings. The van der Waals surface area contributed by atoms with Crippen molar-refractivity contribution in [3.8, 4) is 0 Å². The maximum atomic E-state index is 14.1. The van der Waals surface area contributed by atoms with Gasteiger partial charge in [0.1, 0.15) is 11.9 Å². The molecule has 1 unspecified atom stereocenters. The third kappa shape index (κ3) is 3.15. The van der Waals surface area contributed by atoms with Gasteiger partial charge < -0.3 is 5.32 Å². The van der Waals surface area contributed by atoms with Crippen LogP contribution < -0.4 is 10.6 Å². The van der Waals surface area contributed by atoms with Crippen molar-refractivity contribution in [2.75, 3.05) is 5.32 Å². The smallest absolute Gasteiger partial charge is 0.249 e. The van der Waals surface area contributed by atoms with Crippen molar-refractivity contribution in [1.29, 1.82) is 0 Å². The van der Waals surface area contributed by atoms with Gasteiger partial charge in [0.25, 0.3) is 0 Å². The van der Waals surface area contributed by atoms with Crippen LogP contribution in [-0.2, 0) is 15.0 Å². The molecule has 0 bridgehead atoms. The number of hydrogen-bond donors (Lipinski definition) is 2. The topological polar surface area (TPSA) is 58.2 Å². The number of hydrogen-bond acceptors (Lipinski definition) is 3. The fourth-order valence-corrected chi connectivity index (χ4v) is 2.12. The molecule has 1 atom stereocenters. The van der Waals surface area contributed by atoms with Crippen molar-refractivity contribution in [3.63, 3.8) is 0 Å². The minimum absolute atomic E-state index is 0.131. The van der Waals surface area contributed by atoms with E-state index in [4.69, 9.17) is 0 Å². The van der Waals surface area contributed by atoms with Gasteiger partial charge in [-0.2, -0.15) is 0 Å². The molecular weight excluding hydrogens is 259 g/mol. The molecule has 1 aromatic rings. The Bertz CT molecular complexity index is 549. The Morgan fingerprint density at radius 3 is 2.55 bits per heavy atom. The first-order valence-corrected chi connectivity index (χ1v) is 6.67. The normalized spacial score (nSPS) is 19.7. The van der Waals surface area contributed by atoms with Gasteiger partial charge in [-0.15, -0.1) is 0 Å². The largest absolute Gasteiger partial charge is 0.371 e. The molecule has 2 N–H and O–H groups in total. The summed E-state index contributed by atoms with van der Waals surface area (Å²) in [5.74, 6) is -1.07. The second-order valence-corrected chi connectivity index (χ2v) is 6.09. The lowest BCUT2D eigenvalue weighted by atomic mass is 9.87. The van der Waals surface area contributed by atoms with E-state index in [0.29, 0.717) is 6.42 Å². The lowest BCUT2D eigenvalue weighted by Crippen LogP contribution is -2.47. The van der Waals surface area contributed by atoms with E-state index in [-0.39, 0.29) is 29.2 Å². The van der Waals surface area contributed by atoms with Crippen molar-refractivity contribution in [2.24, 2.45) is 0 Å². The van der Waals surface area contributed by atoms with Crippen LogP contribution in [0.2, 0.25) is 0 Å². The molecule has 0 radical (unpaired) electrons. The summed E-state index contributed by atoms with van der Waals surface area (Å²) in [4.78, 5) is 22.7. The number of imide groups is 1. The van der Waals surface area contributed by atoms with E-state index >= 15 is 0 Å². The van der Waals surface area contributed by atoms with Crippen LogP contribution in [-0.4, -0.2) is 17.9 Å². The molecule has 1 aliphatic rings. The minimum atomic E-state index is -0.567. The zero-order valence-electron chi connectivity index (χ0n) is 11.9. The Hall–Kier alpha value is -1.91. The lowest BCUT2D eigenvalue weighted by molar-refractivity contribution is -0.133. The molecule has 0 aliphatic carbocycles. The van der Waals surface area contributed by atoms with Gasteiger partial charge in [0.2, 0.25) is 11.8 Å². The van der Waals surface area contributed by atoms with Gasteiger partial charge in [0.05, 0.1) is 5.69 Å². The molecule has 1 heterocycles. The Labute approximate surface area is 117 Å². The van der Waals surface area contributed by atoms with Gasteiger partial charge >= 0.3 is 0 Å². The molecule has 20 heavy (non-hydrogen) atoms. The predicted molar refractivity (Wildman–Crippen MR) is 74.9 cm³/mol. The van der Waals surface area contributed by atoms with E-state index in [1.165, 1.54) is 6.07 Å². The Kier molecular flexibility index (Phi) is 3.79. The number of amides is 2. The summed E-state index contributed by atoms with van der Waals surface area (Å²) >= 11 is 0. The van der Waals surface area contributed by atoms with Crippen LogP contribution in [0.3, 0.4) is 0 Å². The zero-order chi connectivity index (χ0) is 14.9. The van der Waals surface area contributed by atoms with E-state index in [9.17, 15) is 14.0 Å². The van der Waals surface area contributed by atoms with Crippen LogP contribution in [0.4, 0.5) is 10.1 Å². The first kappa shape index (κ1) is 14.5. The molecule has 2 amide bonds. The monoisotopic (exact) mass is 278 g/mol. The highest BCUT2D eigenvalue weighted by molar-refractivity contribution is 6.01. The molecule has 0 aromatic heterocycles. The highest BCUT2D eigenvalue weighted by Gasteiger charge is 2.27. The highest BCUT2D eigenvalue weighted by atomic mass is 19.1. The van der Waals surface area contributed by atoms with Crippen molar-refractivity contribution in [2.45, 2.75) is 45.1 Å². The molecule has 1 saturated heterocycles. The molecule has 1 aliphatic heterocycles. The van der Waals surface area contributed by atoms with E-state index < -0.39 is 11.9 Å². The molecule has 2 rings (SSSR count). The number of anilines is 1. The number of carbonyl (C=O) groups excluding carboxylic acids is 2. The average molecular weight is 278 g/mol. The Morgan fingerprint density at radius 2 is 2.00 bits per heavy atom. The van der Waals surface area contributed by atoms with Gasteiger partial charge in [0.15, 0.2) is 0 Å². The molecule has 5 heteroatoms. The second-order valence-electron chi connectivity index (χ2n) is 6.09. The standard InChI is InChI=1S/C15H19FN2O2/c1-15(2,3)9-4-5-11(10(16)8-9)17-12-6-7-13(19)18-14(12)20/h4-5,8,12,17H,6-7H2,1-3H3,(H,18,19,20). The highest BCUT2D eigenvalue weighted by Crippen LogP contribution is 2.26. The van der Waals surface area contributed by atoms with Crippen molar-refractivity contribution in [3.05, 3.63) is 29.6 Å². The van der Waals surface area contributed by atoms with E-state index in [1.807, 2.05) is 26.8 Å². The van der Waals surface area contributed by atoms with Gasteiger partial charge in [-0.1, -0.05) is 26.8 Å². The predicted octanol–water partition coefficient (Wildman–Crippen LogP) is 2.34. The van der Waals surface area contributed by atoms with Crippen LogP contribution in [0, 0.1) is 5.82 Å². The lowest BCUT2D eigenvalue weighted by Gasteiger charge is -2.24. The number of nitrogens with one attached hydrogen (secondary N) is 2. The summed E-state index contributed by atoms with van der Waals surface area (Å²) in [6.45, 7) is 6.03. The maximum absolute atomic E-state index is 14.1. The number of benzene rings is 1. The van der Waals surface area contributed by atoms with Crippen LogP contribution in [0.5, 0.6) is 0 Å². The minimum Gasteiger partial charge on any atom is -0.371 e. The van der Waals surface area contributed by atoms with E-state index in [0.717, 1.165) is 5.56 Å². The Balaban J connectivity index is 2.14. The van der Waals surface area contributed by atoms with Crippen molar-refractivity contribution >= 4 is 17.5 Å². The van der Waals surface area contributed by atoms with E-state index in [2.05, 4.69) is 10.6 Å². The first-order valence-electron chi connectivity index (χ1n) is 6.67. The number of carbonyl (C=O) groups is 2. The van der Waals surface area contributed by atoms with Crippen LogP contribution >= 0.6 is 0 Å². The average Bonchev–Trinajstić information content (AvgIpc) is 2.33. The summed E-state index contributed by atoms with van der Waals surface area (Å²) in [5, 5.41) is 5.10. The summed E-state index contributed by atoms with van der Waals surface area (Å²) in [6.07, 6.45) is 0.649. The fourth-order valence-electron chi connectivity index (χ4n) is 2.12. The molecule has 0 spiro atoms. The molecule has 108 valence electrons. The summed E-state index contributed by atoms with van der Waals surface area (Å²) in [7, 11) is 0. The maximum Gasteiger partial charge on any atom is 0.249 e. The molecule has 1 aromatic carbocycles. The SMILES string of the molecule is CC(C)(C)c1ccc(NC2CCC(=O)NC2=O)c(F)c1. The fraction of sp³-hybridized carbons (Fsp3) is 0.467.